The van der Waals surface area contributed by atoms with Gasteiger partial charge in [0.15, 0.2) is 0 Å². The minimum absolute atomic E-state index is 0.880. The van der Waals surface area contributed by atoms with Gasteiger partial charge in [-0.05, 0) is 45.4 Å². The molecule has 0 fully saturated rings. The van der Waals surface area contributed by atoms with Crippen LogP contribution in [0.4, 0.5) is 11.4 Å². The SMILES string of the molecule is CC/C=C(C)\C=C/C(=C(C)C)N(C=O)c1ccccc1N(C)C. The molecular weight excluding hydrogens is 284 g/mol. The van der Waals surface area contributed by atoms with Crippen LogP contribution < -0.4 is 9.80 Å². The van der Waals surface area contributed by atoms with Crippen LogP contribution in [-0.2, 0) is 4.79 Å². The summed E-state index contributed by atoms with van der Waals surface area (Å²) in [6.45, 7) is 8.23. The highest BCUT2D eigenvalue weighted by Crippen LogP contribution is 2.30. The molecule has 1 rings (SSSR count). The van der Waals surface area contributed by atoms with E-state index in [1.807, 2.05) is 63.2 Å². The molecule has 0 aromatic heterocycles. The van der Waals surface area contributed by atoms with Crippen molar-refractivity contribution in [3.8, 4) is 0 Å². The van der Waals surface area contributed by atoms with Crippen LogP contribution in [-0.4, -0.2) is 20.5 Å². The first-order valence-electron chi connectivity index (χ1n) is 7.95. The molecule has 0 saturated carbocycles. The maximum Gasteiger partial charge on any atom is 0.218 e. The van der Waals surface area contributed by atoms with Gasteiger partial charge in [-0.3, -0.25) is 9.69 Å². The predicted octanol–water partition coefficient (Wildman–Crippen LogP) is 4.92. The molecular formula is C20H28N2O. The summed E-state index contributed by atoms with van der Waals surface area (Å²) in [6.07, 6.45) is 8.12. The molecule has 0 bridgehead atoms. The lowest BCUT2D eigenvalue weighted by atomic mass is 10.1. The van der Waals surface area contributed by atoms with E-state index in [9.17, 15) is 4.79 Å². The molecule has 0 spiro atoms. The molecule has 0 heterocycles. The fraction of sp³-hybridized carbons (Fsp3) is 0.350. The number of hydrogen-bond donors (Lipinski definition) is 0. The third-order valence-corrected chi connectivity index (χ3v) is 3.53. The predicted molar refractivity (Wildman–Crippen MR) is 101 cm³/mol. The molecule has 0 radical (unpaired) electrons. The third-order valence-electron chi connectivity index (χ3n) is 3.53. The molecule has 3 nitrogen and oxygen atoms in total. The summed E-state index contributed by atoms with van der Waals surface area (Å²) in [5.74, 6) is 0. The maximum atomic E-state index is 11.8. The van der Waals surface area contributed by atoms with E-state index in [4.69, 9.17) is 0 Å². The fourth-order valence-corrected chi connectivity index (χ4v) is 2.38. The Morgan fingerprint density at radius 1 is 1.04 bits per heavy atom. The molecule has 0 aliphatic heterocycles. The van der Waals surface area contributed by atoms with E-state index in [2.05, 4.69) is 26.0 Å². The van der Waals surface area contributed by atoms with Crippen LogP contribution in [0.3, 0.4) is 0 Å². The molecule has 23 heavy (non-hydrogen) atoms. The quantitative estimate of drug-likeness (QED) is 0.527. The summed E-state index contributed by atoms with van der Waals surface area (Å²) < 4.78 is 0. The summed E-state index contributed by atoms with van der Waals surface area (Å²) in [5, 5.41) is 0. The standard InChI is InChI=1S/C20H28N2O/c1-7-10-17(4)13-14-18(16(2)3)22(15-23)20-12-9-8-11-19(20)21(5)6/h8-15H,7H2,1-6H3/b14-13-,17-10-. The average molecular weight is 312 g/mol. The summed E-state index contributed by atoms with van der Waals surface area (Å²) in [5.41, 5.74) is 5.07. The number of carbonyl (C=O) groups is 1. The van der Waals surface area contributed by atoms with E-state index >= 15 is 0 Å². The van der Waals surface area contributed by atoms with Gasteiger partial charge in [-0.2, -0.15) is 0 Å². The number of anilines is 2. The van der Waals surface area contributed by atoms with E-state index in [1.165, 1.54) is 5.57 Å². The lowest BCUT2D eigenvalue weighted by Gasteiger charge is -2.26. The summed E-state index contributed by atoms with van der Waals surface area (Å²) >= 11 is 0. The van der Waals surface area contributed by atoms with Crippen molar-refractivity contribution >= 4 is 17.8 Å². The zero-order valence-electron chi connectivity index (χ0n) is 15.1. The summed E-state index contributed by atoms with van der Waals surface area (Å²) in [6, 6.07) is 7.91. The van der Waals surface area contributed by atoms with Crippen molar-refractivity contribution in [3.05, 3.63) is 59.3 Å². The molecule has 0 N–H and O–H groups in total. The van der Waals surface area contributed by atoms with Crippen LogP contribution in [0.15, 0.2) is 59.3 Å². The monoisotopic (exact) mass is 312 g/mol. The second kappa shape index (κ2) is 8.99. The van der Waals surface area contributed by atoms with Crippen molar-refractivity contribution in [2.45, 2.75) is 34.1 Å². The normalized spacial score (nSPS) is 11.5. The number of rotatable bonds is 7. The van der Waals surface area contributed by atoms with Gasteiger partial charge in [0.2, 0.25) is 6.41 Å². The highest BCUT2D eigenvalue weighted by atomic mass is 16.1. The van der Waals surface area contributed by atoms with Crippen LogP contribution in [0.5, 0.6) is 0 Å². The highest BCUT2D eigenvalue weighted by Gasteiger charge is 2.15. The number of para-hydroxylation sites is 2. The van der Waals surface area contributed by atoms with E-state index in [-0.39, 0.29) is 0 Å². The molecule has 0 aliphatic rings. The second-order valence-electron chi connectivity index (χ2n) is 5.93. The van der Waals surface area contributed by atoms with Crippen LogP contribution in [0.1, 0.15) is 34.1 Å². The number of carbonyl (C=O) groups excluding carboxylic acids is 1. The van der Waals surface area contributed by atoms with Gasteiger partial charge >= 0.3 is 0 Å². The number of nitrogens with zero attached hydrogens (tertiary/aromatic N) is 2. The Bertz CT molecular complexity index is 620. The van der Waals surface area contributed by atoms with Crippen LogP contribution >= 0.6 is 0 Å². The van der Waals surface area contributed by atoms with Crippen LogP contribution in [0.25, 0.3) is 0 Å². The van der Waals surface area contributed by atoms with Crippen LogP contribution in [0.2, 0.25) is 0 Å². The van der Waals surface area contributed by atoms with Crippen molar-refractivity contribution in [3.63, 3.8) is 0 Å². The highest BCUT2D eigenvalue weighted by molar-refractivity contribution is 5.88. The van der Waals surface area contributed by atoms with Gasteiger partial charge in [0, 0.05) is 19.8 Å². The minimum Gasteiger partial charge on any atom is -0.376 e. The van der Waals surface area contributed by atoms with Crippen molar-refractivity contribution in [2.75, 3.05) is 23.9 Å². The minimum atomic E-state index is 0.880. The van der Waals surface area contributed by atoms with E-state index in [1.54, 1.807) is 4.90 Å². The Morgan fingerprint density at radius 3 is 2.13 bits per heavy atom. The van der Waals surface area contributed by atoms with Gasteiger partial charge in [0.05, 0.1) is 11.4 Å². The fourth-order valence-electron chi connectivity index (χ4n) is 2.38. The van der Waals surface area contributed by atoms with Gasteiger partial charge in [-0.15, -0.1) is 0 Å². The van der Waals surface area contributed by atoms with Gasteiger partial charge < -0.3 is 4.90 Å². The lowest BCUT2D eigenvalue weighted by molar-refractivity contribution is -0.107. The van der Waals surface area contributed by atoms with E-state index in [0.717, 1.165) is 35.5 Å². The number of benzene rings is 1. The third kappa shape index (κ3) is 5.13. The Labute approximate surface area is 140 Å². The van der Waals surface area contributed by atoms with Crippen molar-refractivity contribution in [2.24, 2.45) is 0 Å². The first-order valence-corrected chi connectivity index (χ1v) is 7.95. The van der Waals surface area contributed by atoms with Crippen molar-refractivity contribution in [1.29, 1.82) is 0 Å². The van der Waals surface area contributed by atoms with E-state index in [0.29, 0.717) is 0 Å². The van der Waals surface area contributed by atoms with Gasteiger partial charge in [-0.1, -0.05) is 42.4 Å². The number of amides is 1. The van der Waals surface area contributed by atoms with Gasteiger partial charge in [0.25, 0.3) is 0 Å². The Hall–Kier alpha value is -2.29. The molecule has 124 valence electrons. The van der Waals surface area contributed by atoms with Crippen LogP contribution in [0, 0.1) is 0 Å². The molecule has 0 atom stereocenters. The lowest BCUT2D eigenvalue weighted by Crippen LogP contribution is -2.23. The van der Waals surface area contributed by atoms with Gasteiger partial charge in [-0.25, -0.2) is 0 Å². The molecule has 1 aromatic carbocycles. The Kier molecular flexibility index (Phi) is 7.33. The van der Waals surface area contributed by atoms with Gasteiger partial charge in [0.1, 0.15) is 0 Å². The molecule has 0 unspecified atom stereocenters. The zero-order chi connectivity index (χ0) is 17.4. The summed E-state index contributed by atoms with van der Waals surface area (Å²) in [7, 11) is 3.96. The Morgan fingerprint density at radius 2 is 1.65 bits per heavy atom. The topological polar surface area (TPSA) is 23.6 Å². The van der Waals surface area contributed by atoms with E-state index < -0.39 is 0 Å². The van der Waals surface area contributed by atoms with Crippen molar-refractivity contribution in [1.82, 2.24) is 0 Å². The smallest absolute Gasteiger partial charge is 0.218 e. The molecule has 0 aliphatic carbocycles. The molecule has 0 saturated heterocycles. The molecule has 1 amide bonds. The number of hydrogen-bond acceptors (Lipinski definition) is 2. The second-order valence-corrected chi connectivity index (χ2v) is 5.93. The first-order chi connectivity index (χ1) is 10.9. The Balaban J connectivity index is 3.33. The number of allylic oxidation sites excluding steroid dienone is 5. The first kappa shape index (κ1) is 18.8. The maximum absolute atomic E-state index is 11.8. The zero-order valence-corrected chi connectivity index (χ0v) is 15.1. The molecule has 3 heteroatoms. The molecule has 1 aromatic rings. The average Bonchev–Trinajstić information content (AvgIpc) is 2.51. The largest absolute Gasteiger partial charge is 0.376 e. The van der Waals surface area contributed by atoms with Crippen molar-refractivity contribution < 1.29 is 4.79 Å². The summed E-state index contributed by atoms with van der Waals surface area (Å²) in [4.78, 5) is 15.5.